The van der Waals surface area contributed by atoms with Crippen LogP contribution >= 0.6 is 0 Å². The molecule has 1 fully saturated rings. The zero-order valence-corrected chi connectivity index (χ0v) is 9.81. The van der Waals surface area contributed by atoms with Crippen LogP contribution in [0.5, 0.6) is 0 Å². The predicted molar refractivity (Wildman–Crippen MR) is 62.4 cm³/mol. The van der Waals surface area contributed by atoms with Crippen LogP contribution in [0.4, 0.5) is 0 Å². The number of esters is 1. The van der Waals surface area contributed by atoms with E-state index in [1.54, 1.807) is 12.1 Å². The van der Waals surface area contributed by atoms with Gasteiger partial charge in [0.05, 0.1) is 12.7 Å². The summed E-state index contributed by atoms with van der Waals surface area (Å²) in [4.78, 5) is 24.7. The lowest BCUT2D eigenvalue weighted by Gasteiger charge is -2.15. The van der Waals surface area contributed by atoms with Crippen LogP contribution < -0.4 is 0 Å². The van der Waals surface area contributed by atoms with Gasteiger partial charge in [-0.1, -0.05) is 12.1 Å². The van der Waals surface area contributed by atoms with Crippen molar-refractivity contribution < 1.29 is 14.3 Å². The summed E-state index contributed by atoms with van der Waals surface area (Å²) < 4.78 is 4.66. The Kier molecular flexibility index (Phi) is 3.42. The average molecular weight is 233 g/mol. The number of hydrogen-bond acceptors (Lipinski definition) is 3. The molecular formula is C13H15NO3. The maximum Gasteiger partial charge on any atom is 0.337 e. The molecule has 90 valence electrons. The Labute approximate surface area is 100 Å². The fourth-order valence-corrected chi connectivity index (χ4v) is 2.01. The van der Waals surface area contributed by atoms with Gasteiger partial charge in [-0.2, -0.15) is 0 Å². The summed E-state index contributed by atoms with van der Waals surface area (Å²) in [7, 11) is 1.36. The minimum Gasteiger partial charge on any atom is -0.465 e. The zero-order chi connectivity index (χ0) is 12.3. The molecule has 1 aliphatic heterocycles. The highest BCUT2D eigenvalue weighted by molar-refractivity contribution is 5.89. The summed E-state index contributed by atoms with van der Waals surface area (Å²) >= 11 is 0. The molecule has 2 rings (SSSR count). The molecule has 0 spiro atoms. The van der Waals surface area contributed by atoms with E-state index in [1.807, 2.05) is 17.0 Å². The number of carbonyl (C=O) groups is 2. The highest BCUT2D eigenvalue weighted by atomic mass is 16.5. The third-order valence-electron chi connectivity index (χ3n) is 2.89. The molecular weight excluding hydrogens is 218 g/mol. The number of methoxy groups -OCH3 is 1. The Morgan fingerprint density at radius 1 is 1.47 bits per heavy atom. The minimum atomic E-state index is -0.348. The normalized spacial score (nSPS) is 15.1. The Hall–Kier alpha value is -1.84. The number of carbonyl (C=O) groups excluding carboxylic acids is 2. The maximum absolute atomic E-state index is 11.5. The van der Waals surface area contributed by atoms with Crippen LogP contribution in [0.3, 0.4) is 0 Å². The minimum absolute atomic E-state index is 0.188. The van der Waals surface area contributed by atoms with E-state index in [0.717, 1.165) is 18.5 Å². The molecule has 1 saturated heterocycles. The molecule has 0 saturated carbocycles. The first kappa shape index (κ1) is 11.6. The molecule has 0 radical (unpaired) electrons. The van der Waals surface area contributed by atoms with Gasteiger partial charge in [0.1, 0.15) is 0 Å². The Morgan fingerprint density at radius 3 is 2.94 bits per heavy atom. The van der Waals surface area contributed by atoms with Crippen molar-refractivity contribution in [1.29, 1.82) is 0 Å². The number of nitrogens with zero attached hydrogens (tertiary/aromatic N) is 1. The van der Waals surface area contributed by atoms with E-state index in [-0.39, 0.29) is 11.9 Å². The highest BCUT2D eigenvalue weighted by Gasteiger charge is 2.20. The van der Waals surface area contributed by atoms with Gasteiger partial charge in [0.2, 0.25) is 5.91 Å². The van der Waals surface area contributed by atoms with Crippen LogP contribution in [0, 0.1) is 0 Å². The van der Waals surface area contributed by atoms with Gasteiger partial charge < -0.3 is 9.64 Å². The van der Waals surface area contributed by atoms with Crippen molar-refractivity contribution in [2.45, 2.75) is 19.4 Å². The molecule has 1 aromatic rings. The first-order chi connectivity index (χ1) is 8.20. The number of rotatable bonds is 3. The first-order valence-corrected chi connectivity index (χ1v) is 5.66. The molecule has 0 atom stereocenters. The third-order valence-corrected chi connectivity index (χ3v) is 2.89. The van der Waals surface area contributed by atoms with Gasteiger partial charge >= 0.3 is 5.97 Å². The van der Waals surface area contributed by atoms with Crippen LogP contribution in [0.25, 0.3) is 0 Å². The molecule has 0 N–H and O–H groups in total. The second-order valence-corrected chi connectivity index (χ2v) is 4.11. The lowest BCUT2D eigenvalue weighted by molar-refractivity contribution is -0.128. The SMILES string of the molecule is COC(=O)c1cccc(CN2CCCC2=O)c1. The number of likely N-dealkylation sites (tertiary alicyclic amines) is 1. The van der Waals surface area contributed by atoms with E-state index < -0.39 is 0 Å². The van der Waals surface area contributed by atoms with Crippen molar-refractivity contribution in [3.8, 4) is 0 Å². The fourth-order valence-electron chi connectivity index (χ4n) is 2.01. The monoisotopic (exact) mass is 233 g/mol. The quantitative estimate of drug-likeness (QED) is 0.745. The first-order valence-electron chi connectivity index (χ1n) is 5.66. The smallest absolute Gasteiger partial charge is 0.337 e. The molecule has 17 heavy (non-hydrogen) atoms. The van der Waals surface area contributed by atoms with Gasteiger partial charge in [-0.25, -0.2) is 4.79 Å². The molecule has 0 aromatic heterocycles. The second-order valence-electron chi connectivity index (χ2n) is 4.11. The molecule has 1 amide bonds. The van der Waals surface area contributed by atoms with Gasteiger partial charge in [0.15, 0.2) is 0 Å². The lowest BCUT2D eigenvalue weighted by Crippen LogP contribution is -2.23. The van der Waals surface area contributed by atoms with Gasteiger partial charge in [0, 0.05) is 19.5 Å². The van der Waals surface area contributed by atoms with E-state index in [2.05, 4.69) is 4.74 Å². The molecule has 0 bridgehead atoms. The van der Waals surface area contributed by atoms with Crippen LogP contribution in [-0.4, -0.2) is 30.4 Å². The second kappa shape index (κ2) is 4.99. The predicted octanol–water partition coefficient (Wildman–Crippen LogP) is 1.60. The topological polar surface area (TPSA) is 46.6 Å². The zero-order valence-electron chi connectivity index (χ0n) is 9.81. The van der Waals surface area contributed by atoms with E-state index in [1.165, 1.54) is 7.11 Å². The van der Waals surface area contributed by atoms with E-state index in [4.69, 9.17) is 0 Å². The summed E-state index contributed by atoms with van der Waals surface area (Å²) in [6.45, 7) is 1.38. The molecule has 1 heterocycles. The Balaban J connectivity index is 2.11. The third kappa shape index (κ3) is 2.64. The van der Waals surface area contributed by atoms with E-state index in [9.17, 15) is 9.59 Å². The summed E-state index contributed by atoms with van der Waals surface area (Å²) in [5, 5.41) is 0. The van der Waals surface area contributed by atoms with E-state index >= 15 is 0 Å². The van der Waals surface area contributed by atoms with Crippen molar-refractivity contribution in [1.82, 2.24) is 4.90 Å². The van der Waals surface area contributed by atoms with Crippen molar-refractivity contribution in [3.63, 3.8) is 0 Å². The van der Waals surface area contributed by atoms with Gasteiger partial charge in [-0.3, -0.25) is 4.79 Å². The molecule has 4 nitrogen and oxygen atoms in total. The Morgan fingerprint density at radius 2 is 2.29 bits per heavy atom. The summed E-state index contributed by atoms with van der Waals surface area (Å²) in [6, 6.07) is 7.21. The number of hydrogen-bond donors (Lipinski definition) is 0. The van der Waals surface area contributed by atoms with Crippen molar-refractivity contribution in [2.24, 2.45) is 0 Å². The van der Waals surface area contributed by atoms with Gasteiger partial charge in [-0.15, -0.1) is 0 Å². The lowest BCUT2D eigenvalue weighted by atomic mass is 10.1. The highest BCUT2D eigenvalue weighted by Crippen LogP contribution is 2.15. The number of ether oxygens (including phenoxy) is 1. The largest absolute Gasteiger partial charge is 0.465 e. The van der Waals surface area contributed by atoms with Crippen molar-refractivity contribution >= 4 is 11.9 Å². The summed E-state index contributed by atoms with van der Waals surface area (Å²) in [5.74, 6) is -0.159. The molecule has 0 aliphatic carbocycles. The molecule has 1 aromatic carbocycles. The maximum atomic E-state index is 11.5. The number of amides is 1. The van der Waals surface area contributed by atoms with Crippen molar-refractivity contribution in [3.05, 3.63) is 35.4 Å². The van der Waals surface area contributed by atoms with Crippen LogP contribution in [0.1, 0.15) is 28.8 Å². The van der Waals surface area contributed by atoms with Crippen LogP contribution in [0.2, 0.25) is 0 Å². The summed E-state index contributed by atoms with van der Waals surface area (Å²) in [5.41, 5.74) is 1.49. The van der Waals surface area contributed by atoms with E-state index in [0.29, 0.717) is 18.5 Å². The van der Waals surface area contributed by atoms with Crippen molar-refractivity contribution in [2.75, 3.05) is 13.7 Å². The van der Waals surface area contributed by atoms with Gasteiger partial charge in [-0.05, 0) is 24.1 Å². The summed E-state index contributed by atoms with van der Waals surface area (Å²) in [6.07, 6.45) is 1.56. The number of benzene rings is 1. The Bertz CT molecular complexity index is 442. The van der Waals surface area contributed by atoms with Crippen LogP contribution in [-0.2, 0) is 16.1 Å². The average Bonchev–Trinajstić information content (AvgIpc) is 2.74. The molecule has 4 heteroatoms. The molecule has 1 aliphatic rings. The fraction of sp³-hybridized carbons (Fsp3) is 0.385. The van der Waals surface area contributed by atoms with Gasteiger partial charge in [0.25, 0.3) is 0 Å². The standard InChI is InChI=1S/C13H15NO3/c1-17-13(16)11-5-2-4-10(8-11)9-14-7-3-6-12(14)15/h2,4-5,8H,3,6-7,9H2,1H3. The molecule has 0 unspecified atom stereocenters. The van der Waals surface area contributed by atoms with Crippen LogP contribution in [0.15, 0.2) is 24.3 Å².